The molecule has 10 nitrogen and oxygen atoms in total. The highest BCUT2D eigenvalue weighted by atomic mass is 35.5. The number of sulfonamides is 1. The molecule has 198 valence electrons. The lowest BCUT2D eigenvalue weighted by Gasteiger charge is -2.33. The van der Waals surface area contributed by atoms with Crippen LogP contribution in [0.5, 0.6) is 0 Å². The first-order valence-electron chi connectivity index (χ1n) is 12.0. The second kappa shape index (κ2) is 10.7. The molecule has 3 heterocycles. The molecule has 12 heteroatoms. The molecule has 0 saturated carbocycles. The molecule has 0 spiro atoms. The lowest BCUT2D eigenvalue weighted by atomic mass is 10.1. The Balaban J connectivity index is 1.25. The first-order valence-corrected chi connectivity index (χ1v) is 13.8. The minimum Gasteiger partial charge on any atom is -0.383 e. The van der Waals surface area contributed by atoms with Crippen LogP contribution in [0.3, 0.4) is 0 Å². The SMILES string of the molecule is COCCn1nc(-c2ccc(C(=O)N3CCN(S(=O)(=O)c4cc5cc(Cl)ccc5[nH]4)CC3)cc2)ccc1=O. The number of piperazine rings is 1. The molecule has 1 N–H and O–H groups in total. The number of aromatic nitrogens is 3. The van der Waals surface area contributed by atoms with Gasteiger partial charge in [0.15, 0.2) is 0 Å². The maximum Gasteiger partial charge on any atom is 0.266 e. The van der Waals surface area contributed by atoms with Crippen LogP contribution in [0.25, 0.3) is 22.2 Å². The summed E-state index contributed by atoms with van der Waals surface area (Å²) in [6.07, 6.45) is 0. The molecule has 2 aromatic carbocycles. The summed E-state index contributed by atoms with van der Waals surface area (Å²) >= 11 is 6.02. The highest BCUT2D eigenvalue weighted by Crippen LogP contribution is 2.25. The van der Waals surface area contributed by atoms with Gasteiger partial charge in [0, 0.05) is 66.4 Å². The van der Waals surface area contributed by atoms with Crippen LogP contribution in [-0.4, -0.2) is 78.2 Å². The monoisotopic (exact) mass is 555 g/mol. The Hall–Kier alpha value is -3.51. The van der Waals surface area contributed by atoms with E-state index >= 15 is 0 Å². The van der Waals surface area contributed by atoms with Gasteiger partial charge >= 0.3 is 0 Å². The molecule has 0 atom stereocenters. The van der Waals surface area contributed by atoms with Gasteiger partial charge in [-0.25, -0.2) is 13.1 Å². The van der Waals surface area contributed by atoms with Crippen molar-refractivity contribution in [2.45, 2.75) is 11.6 Å². The van der Waals surface area contributed by atoms with E-state index in [0.717, 1.165) is 10.9 Å². The van der Waals surface area contributed by atoms with Crippen molar-refractivity contribution < 1.29 is 17.9 Å². The van der Waals surface area contributed by atoms with Crippen LogP contribution in [0.1, 0.15) is 10.4 Å². The highest BCUT2D eigenvalue weighted by molar-refractivity contribution is 7.89. The molecule has 0 bridgehead atoms. The van der Waals surface area contributed by atoms with Gasteiger partial charge in [-0.1, -0.05) is 23.7 Å². The molecule has 2 aromatic heterocycles. The van der Waals surface area contributed by atoms with Gasteiger partial charge in [-0.15, -0.1) is 0 Å². The zero-order chi connectivity index (χ0) is 26.9. The van der Waals surface area contributed by atoms with Gasteiger partial charge in [0.1, 0.15) is 5.03 Å². The number of carbonyl (C=O) groups is 1. The number of benzene rings is 2. The third kappa shape index (κ3) is 5.23. The van der Waals surface area contributed by atoms with Crippen LogP contribution in [0, 0.1) is 0 Å². The topological polar surface area (TPSA) is 118 Å². The number of hydrogen-bond acceptors (Lipinski definition) is 6. The zero-order valence-corrected chi connectivity index (χ0v) is 22.2. The quantitative estimate of drug-likeness (QED) is 0.375. The van der Waals surface area contributed by atoms with Crippen molar-refractivity contribution >= 4 is 38.4 Å². The number of rotatable bonds is 7. The molecule has 1 aliphatic rings. The standard InChI is InChI=1S/C26H26ClN5O5S/c1-37-15-14-32-25(33)9-8-23(29-32)18-2-4-19(5-3-18)26(34)30-10-12-31(13-11-30)38(35,36)24-17-20-16-21(27)6-7-22(20)28-24/h2-9,16-17,28H,10-15H2,1H3. The highest BCUT2D eigenvalue weighted by Gasteiger charge is 2.31. The predicted octanol–water partition coefficient (Wildman–Crippen LogP) is 2.84. The van der Waals surface area contributed by atoms with Crippen molar-refractivity contribution in [3.05, 3.63) is 81.6 Å². The fraction of sp³-hybridized carbons (Fsp3) is 0.269. The van der Waals surface area contributed by atoms with Gasteiger partial charge in [-0.3, -0.25) is 9.59 Å². The van der Waals surface area contributed by atoms with E-state index in [-0.39, 0.29) is 42.7 Å². The van der Waals surface area contributed by atoms with Crippen molar-refractivity contribution in [2.24, 2.45) is 0 Å². The molecule has 5 rings (SSSR count). The van der Waals surface area contributed by atoms with Gasteiger partial charge in [-0.2, -0.15) is 9.40 Å². The van der Waals surface area contributed by atoms with E-state index in [0.29, 0.717) is 34.9 Å². The van der Waals surface area contributed by atoms with Crippen LogP contribution in [0.4, 0.5) is 0 Å². The van der Waals surface area contributed by atoms with E-state index < -0.39 is 10.0 Å². The third-order valence-corrected chi connectivity index (χ3v) is 8.56. The van der Waals surface area contributed by atoms with Crippen molar-refractivity contribution in [1.82, 2.24) is 24.0 Å². The number of H-pyrrole nitrogens is 1. The van der Waals surface area contributed by atoms with E-state index in [1.807, 2.05) is 0 Å². The smallest absolute Gasteiger partial charge is 0.266 e. The average Bonchev–Trinajstić information content (AvgIpc) is 3.37. The van der Waals surface area contributed by atoms with E-state index in [2.05, 4.69) is 10.1 Å². The molecule has 1 fully saturated rings. The Morgan fingerprint density at radius 2 is 1.76 bits per heavy atom. The van der Waals surface area contributed by atoms with Crippen molar-refractivity contribution in [1.29, 1.82) is 0 Å². The summed E-state index contributed by atoms with van der Waals surface area (Å²) in [5, 5.41) is 5.73. The predicted molar refractivity (Wildman–Crippen MR) is 144 cm³/mol. The number of hydrogen-bond donors (Lipinski definition) is 1. The number of nitrogens with one attached hydrogen (secondary N) is 1. The zero-order valence-electron chi connectivity index (χ0n) is 20.6. The van der Waals surface area contributed by atoms with Crippen LogP contribution in [0.2, 0.25) is 5.02 Å². The van der Waals surface area contributed by atoms with Crippen LogP contribution in [-0.2, 0) is 21.3 Å². The number of amides is 1. The second-order valence-electron chi connectivity index (χ2n) is 8.91. The van der Waals surface area contributed by atoms with Crippen molar-refractivity contribution in [3.63, 3.8) is 0 Å². The van der Waals surface area contributed by atoms with Crippen LogP contribution in [0.15, 0.2) is 70.5 Å². The van der Waals surface area contributed by atoms with Gasteiger partial charge in [0.05, 0.1) is 18.8 Å². The largest absolute Gasteiger partial charge is 0.383 e. The van der Waals surface area contributed by atoms with Crippen molar-refractivity contribution in [3.8, 4) is 11.3 Å². The molecule has 1 saturated heterocycles. The van der Waals surface area contributed by atoms with Crippen molar-refractivity contribution in [2.75, 3.05) is 39.9 Å². The Morgan fingerprint density at radius 3 is 2.47 bits per heavy atom. The molecule has 0 aliphatic carbocycles. The average molecular weight is 556 g/mol. The number of fused-ring (bicyclic) bond motifs is 1. The first kappa shape index (κ1) is 26.1. The minimum absolute atomic E-state index is 0.104. The fourth-order valence-corrected chi connectivity index (χ4v) is 6.01. The number of methoxy groups -OCH3 is 1. The Kier molecular flexibility index (Phi) is 7.35. The number of carbonyl (C=O) groups excluding carboxylic acids is 1. The maximum absolute atomic E-state index is 13.2. The third-order valence-electron chi connectivity index (χ3n) is 6.50. The summed E-state index contributed by atoms with van der Waals surface area (Å²) in [4.78, 5) is 29.7. The lowest BCUT2D eigenvalue weighted by Crippen LogP contribution is -2.50. The number of nitrogens with zero attached hydrogens (tertiary/aromatic N) is 4. The molecule has 38 heavy (non-hydrogen) atoms. The van der Waals surface area contributed by atoms with Gasteiger partial charge in [0.2, 0.25) is 0 Å². The summed E-state index contributed by atoms with van der Waals surface area (Å²) < 4.78 is 34.1. The summed E-state index contributed by atoms with van der Waals surface area (Å²) in [6, 6.07) is 16.8. The van der Waals surface area contributed by atoms with E-state index in [4.69, 9.17) is 16.3 Å². The van der Waals surface area contributed by atoms with E-state index in [9.17, 15) is 18.0 Å². The van der Waals surface area contributed by atoms with E-state index in [1.54, 1.807) is 66.6 Å². The Morgan fingerprint density at radius 1 is 1.03 bits per heavy atom. The molecule has 0 radical (unpaired) electrons. The number of ether oxygens (including phenoxy) is 1. The maximum atomic E-state index is 13.2. The number of halogens is 1. The summed E-state index contributed by atoms with van der Waals surface area (Å²) in [7, 11) is -2.18. The normalized spacial score (nSPS) is 14.7. The molecule has 1 amide bonds. The molecular weight excluding hydrogens is 530 g/mol. The summed E-state index contributed by atoms with van der Waals surface area (Å²) in [6.45, 7) is 1.64. The molecule has 4 aromatic rings. The molecular formula is C26H26ClN5O5S. The summed E-state index contributed by atoms with van der Waals surface area (Å²) in [5.74, 6) is -0.174. The Labute approximate surface area is 224 Å². The van der Waals surface area contributed by atoms with Gasteiger partial charge in [-0.05, 0) is 42.5 Å². The molecule has 0 unspecified atom stereocenters. The van der Waals surface area contributed by atoms with Crippen LogP contribution < -0.4 is 5.56 Å². The second-order valence-corrected chi connectivity index (χ2v) is 11.3. The summed E-state index contributed by atoms with van der Waals surface area (Å²) in [5.41, 5.74) is 2.34. The fourth-order valence-electron chi connectivity index (χ4n) is 4.39. The van der Waals surface area contributed by atoms with Gasteiger partial charge < -0.3 is 14.6 Å². The first-order chi connectivity index (χ1) is 18.3. The van der Waals surface area contributed by atoms with Crippen LogP contribution >= 0.6 is 11.6 Å². The molecule has 1 aliphatic heterocycles. The van der Waals surface area contributed by atoms with E-state index in [1.165, 1.54) is 15.1 Å². The van der Waals surface area contributed by atoms with Gasteiger partial charge in [0.25, 0.3) is 21.5 Å². The lowest BCUT2D eigenvalue weighted by molar-refractivity contribution is 0.0698. The Bertz CT molecular complexity index is 1640. The number of aromatic amines is 1. The minimum atomic E-state index is -3.74.